The van der Waals surface area contributed by atoms with Gasteiger partial charge in [0.1, 0.15) is 23.0 Å². The predicted octanol–water partition coefficient (Wildman–Crippen LogP) is 5.02. The summed E-state index contributed by atoms with van der Waals surface area (Å²) in [5.74, 6) is -2.18. The van der Waals surface area contributed by atoms with Gasteiger partial charge in [-0.2, -0.15) is 0 Å². The molecular weight excluding hydrogens is 374 g/mol. The van der Waals surface area contributed by atoms with Crippen LogP contribution in [0.4, 0.5) is 26.1 Å². The molecule has 0 saturated carbocycles. The second kappa shape index (κ2) is 7.67. The van der Waals surface area contributed by atoms with Gasteiger partial charge in [0.15, 0.2) is 0 Å². The molecule has 138 valence electrons. The molecule has 0 bridgehead atoms. The third-order valence-corrected chi connectivity index (χ3v) is 4.12. The Morgan fingerprint density at radius 3 is 2.41 bits per heavy atom. The highest BCUT2D eigenvalue weighted by Gasteiger charge is 2.14. The van der Waals surface area contributed by atoms with E-state index in [-0.39, 0.29) is 17.3 Å². The first-order valence-corrected chi connectivity index (χ1v) is 8.35. The molecule has 0 unspecified atom stereocenters. The van der Waals surface area contributed by atoms with Crippen molar-refractivity contribution in [1.82, 2.24) is 9.97 Å². The lowest BCUT2D eigenvalue weighted by Gasteiger charge is -2.10. The summed E-state index contributed by atoms with van der Waals surface area (Å²) < 4.78 is 27.6. The number of carbonyl (C=O) groups is 1. The van der Waals surface area contributed by atoms with Crippen LogP contribution in [0.3, 0.4) is 0 Å². The van der Waals surface area contributed by atoms with Crippen molar-refractivity contribution < 1.29 is 13.6 Å². The molecule has 5 nitrogen and oxygen atoms in total. The summed E-state index contributed by atoms with van der Waals surface area (Å²) in [6.45, 7) is 3.49. The van der Waals surface area contributed by atoms with E-state index in [1.54, 1.807) is 25.1 Å². The lowest BCUT2D eigenvalue weighted by molar-refractivity contribution is 0.102. The number of aryl methyl sites for hydroxylation is 2. The fourth-order valence-electron chi connectivity index (χ4n) is 2.34. The Morgan fingerprint density at radius 2 is 1.74 bits per heavy atom. The van der Waals surface area contributed by atoms with Crippen molar-refractivity contribution in [2.24, 2.45) is 0 Å². The molecule has 2 aromatic carbocycles. The van der Waals surface area contributed by atoms with Gasteiger partial charge in [0, 0.05) is 16.4 Å². The van der Waals surface area contributed by atoms with Crippen LogP contribution in [0.2, 0.25) is 5.02 Å². The third kappa shape index (κ3) is 4.38. The van der Waals surface area contributed by atoms with Crippen molar-refractivity contribution in [1.29, 1.82) is 0 Å². The van der Waals surface area contributed by atoms with Crippen LogP contribution in [-0.2, 0) is 0 Å². The van der Waals surface area contributed by atoms with Gasteiger partial charge in [-0.25, -0.2) is 18.7 Å². The minimum Gasteiger partial charge on any atom is -0.321 e. The fourth-order valence-corrected chi connectivity index (χ4v) is 2.52. The first-order chi connectivity index (χ1) is 12.8. The number of aromatic nitrogens is 2. The zero-order valence-electron chi connectivity index (χ0n) is 14.5. The molecule has 8 heteroatoms. The highest BCUT2D eigenvalue weighted by atomic mass is 35.5. The van der Waals surface area contributed by atoms with Crippen LogP contribution in [0.5, 0.6) is 0 Å². The van der Waals surface area contributed by atoms with E-state index in [1.165, 1.54) is 12.1 Å². The monoisotopic (exact) mass is 388 g/mol. The number of hydrogen-bond acceptors (Lipinski definition) is 4. The molecule has 0 aliphatic carbocycles. The Balaban J connectivity index is 1.86. The van der Waals surface area contributed by atoms with Crippen LogP contribution in [0.15, 0.2) is 42.5 Å². The molecule has 27 heavy (non-hydrogen) atoms. The van der Waals surface area contributed by atoms with Gasteiger partial charge < -0.3 is 10.6 Å². The Labute approximate surface area is 159 Å². The molecule has 0 saturated heterocycles. The number of nitrogens with zero attached hydrogens (tertiary/aromatic N) is 2. The fraction of sp³-hybridized carbons (Fsp3) is 0.105. The third-order valence-electron chi connectivity index (χ3n) is 3.72. The number of amides is 1. The maximum atomic E-state index is 13.8. The van der Waals surface area contributed by atoms with Gasteiger partial charge in [0.2, 0.25) is 5.95 Å². The normalized spacial score (nSPS) is 10.6. The Hall–Kier alpha value is -3.06. The zero-order valence-corrected chi connectivity index (χ0v) is 15.2. The largest absolute Gasteiger partial charge is 0.321 e. The molecular formula is C19H15ClF2N4O. The van der Waals surface area contributed by atoms with Crippen LogP contribution in [-0.4, -0.2) is 15.9 Å². The number of nitrogens with one attached hydrogen (secondary N) is 2. The summed E-state index contributed by atoms with van der Waals surface area (Å²) in [6, 6.07) is 10.0. The smallest absolute Gasteiger partial charge is 0.274 e. The van der Waals surface area contributed by atoms with Crippen LogP contribution < -0.4 is 10.6 Å². The quantitative estimate of drug-likeness (QED) is 0.658. The second-order valence-electron chi connectivity index (χ2n) is 5.86. The minimum absolute atomic E-state index is 0.0402. The predicted molar refractivity (Wildman–Crippen MR) is 101 cm³/mol. The summed E-state index contributed by atoms with van der Waals surface area (Å²) >= 11 is 6.06. The van der Waals surface area contributed by atoms with Crippen molar-refractivity contribution in [3.05, 3.63) is 76.1 Å². The van der Waals surface area contributed by atoms with E-state index in [2.05, 4.69) is 20.6 Å². The first-order valence-electron chi connectivity index (χ1n) is 7.97. The van der Waals surface area contributed by atoms with E-state index < -0.39 is 17.5 Å². The molecule has 2 N–H and O–H groups in total. The number of anilines is 3. The summed E-state index contributed by atoms with van der Waals surface area (Å²) in [5.41, 5.74) is 1.49. The Morgan fingerprint density at radius 1 is 1.04 bits per heavy atom. The molecule has 0 atom stereocenters. The van der Waals surface area contributed by atoms with E-state index in [1.807, 2.05) is 6.92 Å². The number of halogens is 3. The standard InChI is InChI=1S/C19H15ClF2N4O/c1-10-6-7-12(9-13(10)20)24-18(27)16-8-11(2)23-19(25-16)26-17-14(21)4-3-5-15(17)22/h3-9H,1-2H3,(H,24,27)(H,23,25,26). The van der Waals surface area contributed by atoms with E-state index in [0.29, 0.717) is 16.4 Å². The molecule has 3 rings (SSSR count). The van der Waals surface area contributed by atoms with Gasteiger partial charge in [-0.1, -0.05) is 23.7 Å². The molecule has 1 aromatic heterocycles. The number of rotatable bonds is 4. The summed E-state index contributed by atoms with van der Waals surface area (Å²) in [5, 5.41) is 5.68. The van der Waals surface area contributed by atoms with E-state index in [9.17, 15) is 13.6 Å². The number of benzene rings is 2. The average molecular weight is 389 g/mol. The van der Waals surface area contributed by atoms with Crippen molar-refractivity contribution in [2.75, 3.05) is 10.6 Å². The number of hydrogen-bond donors (Lipinski definition) is 2. The lowest BCUT2D eigenvalue weighted by atomic mass is 10.2. The molecule has 3 aromatic rings. The maximum absolute atomic E-state index is 13.8. The molecule has 0 radical (unpaired) electrons. The molecule has 1 heterocycles. The minimum atomic E-state index is -0.791. The van der Waals surface area contributed by atoms with Gasteiger partial charge >= 0.3 is 0 Å². The summed E-state index contributed by atoms with van der Waals surface area (Å²) in [7, 11) is 0. The van der Waals surface area contributed by atoms with Gasteiger partial charge in [0.25, 0.3) is 5.91 Å². The van der Waals surface area contributed by atoms with E-state index >= 15 is 0 Å². The number of carbonyl (C=O) groups excluding carboxylic acids is 1. The van der Waals surface area contributed by atoms with Crippen molar-refractivity contribution in [3.63, 3.8) is 0 Å². The molecule has 0 fully saturated rings. The van der Waals surface area contributed by atoms with Crippen molar-refractivity contribution >= 4 is 34.8 Å². The summed E-state index contributed by atoms with van der Waals surface area (Å²) in [4.78, 5) is 20.6. The molecule has 1 amide bonds. The lowest BCUT2D eigenvalue weighted by Crippen LogP contribution is -2.16. The van der Waals surface area contributed by atoms with Crippen molar-refractivity contribution in [3.8, 4) is 0 Å². The first kappa shape index (κ1) is 18.7. The number of para-hydroxylation sites is 1. The SMILES string of the molecule is Cc1cc(C(=O)Nc2ccc(C)c(Cl)c2)nc(Nc2c(F)cccc2F)n1. The van der Waals surface area contributed by atoms with Gasteiger partial charge in [-0.15, -0.1) is 0 Å². The van der Waals surface area contributed by atoms with Gasteiger partial charge in [0.05, 0.1) is 0 Å². The molecule has 0 aliphatic heterocycles. The Bertz CT molecular complexity index is 1010. The zero-order chi connectivity index (χ0) is 19.6. The second-order valence-corrected chi connectivity index (χ2v) is 6.27. The highest BCUT2D eigenvalue weighted by Crippen LogP contribution is 2.23. The van der Waals surface area contributed by atoms with Crippen LogP contribution in [0.25, 0.3) is 0 Å². The van der Waals surface area contributed by atoms with E-state index in [4.69, 9.17) is 11.6 Å². The molecule has 0 spiro atoms. The van der Waals surface area contributed by atoms with Crippen molar-refractivity contribution in [2.45, 2.75) is 13.8 Å². The topological polar surface area (TPSA) is 66.9 Å². The highest BCUT2D eigenvalue weighted by molar-refractivity contribution is 6.31. The Kier molecular flexibility index (Phi) is 5.32. The van der Waals surface area contributed by atoms with Crippen LogP contribution >= 0.6 is 11.6 Å². The average Bonchev–Trinajstić information content (AvgIpc) is 2.61. The van der Waals surface area contributed by atoms with Gasteiger partial charge in [-0.3, -0.25) is 4.79 Å². The van der Waals surface area contributed by atoms with Crippen LogP contribution in [0, 0.1) is 25.5 Å². The van der Waals surface area contributed by atoms with Crippen LogP contribution in [0.1, 0.15) is 21.7 Å². The maximum Gasteiger partial charge on any atom is 0.274 e. The summed E-state index contributed by atoms with van der Waals surface area (Å²) in [6.07, 6.45) is 0. The molecule has 0 aliphatic rings. The van der Waals surface area contributed by atoms with Gasteiger partial charge in [-0.05, 0) is 49.7 Å². The van der Waals surface area contributed by atoms with E-state index in [0.717, 1.165) is 17.7 Å².